The molecule has 2 fully saturated rings. The van der Waals surface area contributed by atoms with Gasteiger partial charge in [0.25, 0.3) is 5.91 Å². The van der Waals surface area contributed by atoms with Crippen LogP contribution in [0.4, 0.5) is 0 Å². The summed E-state index contributed by atoms with van der Waals surface area (Å²) in [5.74, 6) is 2.96. The minimum atomic E-state index is 0.0308. The molecule has 0 N–H and O–H groups in total. The lowest BCUT2D eigenvalue weighted by Gasteiger charge is -2.18. The number of hydrogen-bond donors (Lipinski definition) is 0. The van der Waals surface area contributed by atoms with E-state index in [0.717, 1.165) is 37.5 Å². The molecule has 2 atom stereocenters. The molecule has 132 valence electrons. The fourth-order valence-electron chi connectivity index (χ4n) is 4.21. The highest BCUT2D eigenvalue weighted by Crippen LogP contribution is 2.32. The van der Waals surface area contributed by atoms with Crippen LogP contribution in [0.25, 0.3) is 11.3 Å². The largest absolute Gasteiger partial charge is 0.451 e. The second-order valence-electron chi connectivity index (χ2n) is 7.90. The Bertz CT molecular complexity index is 766. The van der Waals surface area contributed by atoms with Crippen LogP contribution >= 0.6 is 0 Å². The van der Waals surface area contributed by atoms with Crippen LogP contribution in [0, 0.1) is 11.8 Å². The fraction of sp³-hybridized carbons (Fsp3) is 0.476. The molecular weight excluding hydrogens is 312 g/mol. The molecular formula is C21H26N2O2. The molecule has 4 heteroatoms. The van der Waals surface area contributed by atoms with Gasteiger partial charge in [-0.05, 0) is 48.6 Å². The lowest BCUT2D eigenvalue weighted by atomic mass is 10.0. The van der Waals surface area contributed by atoms with Crippen molar-refractivity contribution in [3.63, 3.8) is 0 Å². The van der Waals surface area contributed by atoms with Crippen LogP contribution in [0.2, 0.25) is 0 Å². The number of carbonyl (C=O) groups excluding carboxylic acids is 1. The highest BCUT2D eigenvalue weighted by Gasteiger charge is 2.41. The molecule has 0 radical (unpaired) electrons. The number of rotatable bonds is 3. The molecule has 0 spiro atoms. The van der Waals surface area contributed by atoms with Crippen molar-refractivity contribution in [1.82, 2.24) is 9.80 Å². The van der Waals surface area contributed by atoms with E-state index in [2.05, 4.69) is 37.9 Å². The second kappa shape index (κ2) is 6.34. The number of benzene rings is 1. The third-order valence-corrected chi connectivity index (χ3v) is 5.61. The Hall–Kier alpha value is -2.07. The second-order valence-corrected chi connectivity index (χ2v) is 7.90. The quantitative estimate of drug-likeness (QED) is 0.856. The van der Waals surface area contributed by atoms with E-state index in [4.69, 9.17) is 4.42 Å². The zero-order valence-electron chi connectivity index (χ0n) is 15.2. The number of nitrogens with zero attached hydrogens (tertiary/aromatic N) is 2. The van der Waals surface area contributed by atoms with E-state index >= 15 is 0 Å². The van der Waals surface area contributed by atoms with E-state index in [-0.39, 0.29) is 5.91 Å². The van der Waals surface area contributed by atoms with Crippen molar-refractivity contribution in [2.75, 3.05) is 33.2 Å². The van der Waals surface area contributed by atoms with Gasteiger partial charge in [0.15, 0.2) is 5.76 Å². The number of likely N-dealkylation sites (tertiary alicyclic amines) is 2. The molecule has 4 rings (SSSR count). The molecule has 2 aromatic rings. The molecule has 2 aliphatic heterocycles. The first-order valence-corrected chi connectivity index (χ1v) is 9.19. The first kappa shape index (κ1) is 16.4. The highest BCUT2D eigenvalue weighted by atomic mass is 16.4. The van der Waals surface area contributed by atoms with Crippen molar-refractivity contribution in [3.05, 3.63) is 47.7 Å². The van der Waals surface area contributed by atoms with Crippen LogP contribution in [-0.4, -0.2) is 48.9 Å². The summed E-state index contributed by atoms with van der Waals surface area (Å²) in [5.41, 5.74) is 2.31. The normalized spacial score (nSPS) is 23.4. The predicted octanol–water partition coefficient (Wildman–Crippen LogP) is 3.70. The summed E-state index contributed by atoms with van der Waals surface area (Å²) < 4.78 is 5.92. The van der Waals surface area contributed by atoms with E-state index in [1.165, 1.54) is 5.56 Å². The minimum Gasteiger partial charge on any atom is -0.451 e. The Labute approximate surface area is 149 Å². The van der Waals surface area contributed by atoms with Crippen molar-refractivity contribution in [2.24, 2.45) is 11.8 Å². The summed E-state index contributed by atoms with van der Waals surface area (Å²) in [7, 11) is 2.16. The van der Waals surface area contributed by atoms with Gasteiger partial charge >= 0.3 is 0 Å². The Morgan fingerprint density at radius 1 is 1.08 bits per heavy atom. The van der Waals surface area contributed by atoms with Crippen LogP contribution in [0.3, 0.4) is 0 Å². The number of fused-ring (bicyclic) bond motifs is 1. The molecule has 1 aromatic heterocycles. The van der Waals surface area contributed by atoms with Gasteiger partial charge in [-0.15, -0.1) is 0 Å². The molecule has 0 aliphatic carbocycles. The van der Waals surface area contributed by atoms with Gasteiger partial charge in [-0.1, -0.05) is 32.0 Å². The summed E-state index contributed by atoms with van der Waals surface area (Å²) in [4.78, 5) is 17.1. The molecule has 1 aromatic carbocycles. The molecule has 0 unspecified atom stereocenters. The first-order chi connectivity index (χ1) is 12.0. The maximum atomic E-state index is 12.8. The molecule has 2 aliphatic rings. The van der Waals surface area contributed by atoms with Crippen molar-refractivity contribution in [1.29, 1.82) is 0 Å². The van der Waals surface area contributed by atoms with E-state index < -0.39 is 0 Å². The SMILES string of the molecule is CC(C)c1cccc(-c2ccc(C(=O)N3C[C@H]4CN(C)C[C@H]4C3)o2)c1. The number of amides is 1. The van der Waals surface area contributed by atoms with Crippen molar-refractivity contribution < 1.29 is 9.21 Å². The third-order valence-electron chi connectivity index (χ3n) is 5.61. The molecule has 0 bridgehead atoms. The standard InChI is InChI=1S/C21H26N2O2/c1-14(2)15-5-4-6-16(9-15)19-7-8-20(25-19)21(24)23-12-17-10-22(3)11-18(17)13-23/h4-9,14,17-18H,10-13H2,1-3H3/t17-,18+. The van der Waals surface area contributed by atoms with Gasteiger partial charge in [0.2, 0.25) is 0 Å². The van der Waals surface area contributed by atoms with Crippen molar-refractivity contribution in [3.8, 4) is 11.3 Å². The summed E-state index contributed by atoms with van der Waals surface area (Å²) in [6.07, 6.45) is 0. The summed E-state index contributed by atoms with van der Waals surface area (Å²) in [6.45, 7) is 8.26. The maximum absolute atomic E-state index is 12.8. The van der Waals surface area contributed by atoms with Gasteiger partial charge in [-0.3, -0.25) is 4.79 Å². The monoisotopic (exact) mass is 338 g/mol. The van der Waals surface area contributed by atoms with Crippen LogP contribution in [0.1, 0.15) is 35.9 Å². The van der Waals surface area contributed by atoms with Gasteiger partial charge in [-0.2, -0.15) is 0 Å². The molecule has 3 heterocycles. The van der Waals surface area contributed by atoms with Gasteiger partial charge in [0, 0.05) is 31.7 Å². The van der Waals surface area contributed by atoms with Crippen LogP contribution in [0.5, 0.6) is 0 Å². The van der Waals surface area contributed by atoms with Crippen LogP contribution in [-0.2, 0) is 0 Å². The number of hydrogen-bond acceptors (Lipinski definition) is 3. The van der Waals surface area contributed by atoms with E-state index in [9.17, 15) is 4.79 Å². The zero-order chi connectivity index (χ0) is 17.6. The smallest absolute Gasteiger partial charge is 0.289 e. The summed E-state index contributed by atoms with van der Waals surface area (Å²) in [6, 6.07) is 12.1. The van der Waals surface area contributed by atoms with E-state index in [1.54, 1.807) is 0 Å². The molecule has 4 nitrogen and oxygen atoms in total. The number of furan rings is 1. The van der Waals surface area contributed by atoms with Crippen molar-refractivity contribution >= 4 is 5.91 Å². The van der Waals surface area contributed by atoms with Gasteiger partial charge in [-0.25, -0.2) is 0 Å². The van der Waals surface area contributed by atoms with E-state index in [1.807, 2.05) is 29.2 Å². The summed E-state index contributed by atoms with van der Waals surface area (Å²) in [5, 5.41) is 0. The number of carbonyl (C=O) groups is 1. The Morgan fingerprint density at radius 2 is 1.80 bits per heavy atom. The van der Waals surface area contributed by atoms with Crippen LogP contribution < -0.4 is 0 Å². The van der Waals surface area contributed by atoms with Gasteiger partial charge in [0.1, 0.15) is 5.76 Å². The lowest BCUT2D eigenvalue weighted by Crippen LogP contribution is -2.32. The fourth-order valence-corrected chi connectivity index (χ4v) is 4.21. The Morgan fingerprint density at radius 3 is 2.48 bits per heavy atom. The molecule has 0 saturated carbocycles. The van der Waals surface area contributed by atoms with Crippen LogP contribution in [0.15, 0.2) is 40.8 Å². The Balaban J connectivity index is 1.50. The summed E-state index contributed by atoms with van der Waals surface area (Å²) >= 11 is 0. The molecule has 1 amide bonds. The van der Waals surface area contributed by atoms with Crippen molar-refractivity contribution in [2.45, 2.75) is 19.8 Å². The van der Waals surface area contributed by atoms with Gasteiger partial charge < -0.3 is 14.2 Å². The van der Waals surface area contributed by atoms with E-state index in [0.29, 0.717) is 23.5 Å². The molecule has 2 saturated heterocycles. The average Bonchev–Trinajstić information content (AvgIpc) is 3.28. The third kappa shape index (κ3) is 3.11. The lowest BCUT2D eigenvalue weighted by molar-refractivity contribution is 0.0745. The molecule has 25 heavy (non-hydrogen) atoms. The average molecular weight is 338 g/mol. The Kier molecular flexibility index (Phi) is 4.16. The zero-order valence-corrected chi connectivity index (χ0v) is 15.2. The van der Waals surface area contributed by atoms with Gasteiger partial charge in [0.05, 0.1) is 0 Å². The predicted molar refractivity (Wildman–Crippen MR) is 98.6 cm³/mol. The maximum Gasteiger partial charge on any atom is 0.289 e. The topological polar surface area (TPSA) is 36.7 Å². The highest BCUT2D eigenvalue weighted by molar-refractivity contribution is 5.92. The minimum absolute atomic E-state index is 0.0308. The first-order valence-electron chi connectivity index (χ1n) is 9.19.